The Morgan fingerprint density at radius 1 is 0.571 bits per heavy atom. The molecule has 28 heavy (non-hydrogen) atoms. The van der Waals surface area contributed by atoms with Gasteiger partial charge in [-0.15, -0.1) is 0 Å². The second-order valence-electron chi connectivity index (χ2n) is 6.41. The van der Waals surface area contributed by atoms with Crippen LogP contribution in [-0.2, 0) is 0 Å². The number of fused-ring (bicyclic) bond motifs is 2. The van der Waals surface area contributed by atoms with Crippen LogP contribution < -0.4 is 14.4 Å². The van der Waals surface area contributed by atoms with E-state index in [4.69, 9.17) is 21.1 Å². The molecule has 0 bridgehead atoms. The summed E-state index contributed by atoms with van der Waals surface area (Å²) in [5.41, 5.74) is 2.82. The summed E-state index contributed by atoms with van der Waals surface area (Å²) in [7, 11) is 0. The van der Waals surface area contributed by atoms with Crippen LogP contribution in [0.3, 0.4) is 0 Å². The normalized spacial score (nSPS) is 11.6. The summed E-state index contributed by atoms with van der Waals surface area (Å²) in [6, 6.07) is 31.5. The van der Waals surface area contributed by atoms with Gasteiger partial charge in [0.1, 0.15) is 0 Å². The Bertz CT molecular complexity index is 1090. The molecular formula is C24H16ClNO2. The Morgan fingerprint density at radius 2 is 1.11 bits per heavy atom. The van der Waals surface area contributed by atoms with E-state index in [-0.39, 0.29) is 0 Å². The molecule has 4 aromatic carbocycles. The largest absolute Gasteiger partial charge is 0.449 e. The molecule has 3 nitrogen and oxygen atoms in total. The van der Waals surface area contributed by atoms with Crippen molar-refractivity contribution in [3.63, 3.8) is 0 Å². The van der Waals surface area contributed by atoms with Crippen molar-refractivity contribution in [3.05, 3.63) is 102 Å². The lowest BCUT2D eigenvalue weighted by Crippen LogP contribution is -2.12. The number of ether oxygens (including phenoxy) is 2. The molecule has 0 unspecified atom stereocenters. The van der Waals surface area contributed by atoms with Crippen molar-refractivity contribution >= 4 is 28.7 Å². The summed E-state index contributed by atoms with van der Waals surface area (Å²) in [6.07, 6.45) is 0. The third kappa shape index (κ3) is 2.96. The lowest BCUT2D eigenvalue weighted by Gasteiger charge is -2.30. The van der Waals surface area contributed by atoms with Gasteiger partial charge in [-0.05, 0) is 42.5 Å². The van der Waals surface area contributed by atoms with Crippen LogP contribution in [0.1, 0.15) is 0 Å². The Labute approximate surface area is 168 Å². The number of nitrogens with zero attached hydrogens (tertiary/aromatic N) is 1. The van der Waals surface area contributed by atoms with Crippen LogP contribution in [0.4, 0.5) is 17.1 Å². The molecule has 136 valence electrons. The van der Waals surface area contributed by atoms with Crippen molar-refractivity contribution in [2.45, 2.75) is 0 Å². The molecule has 1 heterocycles. The zero-order chi connectivity index (χ0) is 18.9. The van der Waals surface area contributed by atoms with Crippen molar-refractivity contribution < 1.29 is 9.47 Å². The zero-order valence-electron chi connectivity index (χ0n) is 14.9. The maximum atomic E-state index is 6.47. The molecule has 0 fully saturated rings. The van der Waals surface area contributed by atoms with Gasteiger partial charge >= 0.3 is 0 Å². The molecule has 0 aliphatic carbocycles. The number of para-hydroxylation sites is 4. The van der Waals surface area contributed by atoms with Crippen molar-refractivity contribution in [1.29, 1.82) is 0 Å². The third-order valence-corrected chi connectivity index (χ3v) is 4.77. The maximum Gasteiger partial charge on any atom is 0.194 e. The summed E-state index contributed by atoms with van der Waals surface area (Å²) < 4.78 is 12.3. The van der Waals surface area contributed by atoms with Crippen molar-refractivity contribution in [2.75, 3.05) is 4.90 Å². The molecule has 0 aromatic heterocycles. The summed E-state index contributed by atoms with van der Waals surface area (Å²) in [6.45, 7) is 0. The van der Waals surface area contributed by atoms with Gasteiger partial charge in [0.2, 0.25) is 0 Å². The summed E-state index contributed by atoms with van der Waals surface area (Å²) in [4.78, 5) is 2.11. The number of rotatable bonds is 3. The highest BCUT2D eigenvalue weighted by molar-refractivity contribution is 6.31. The van der Waals surface area contributed by atoms with Crippen molar-refractivity contribution in [3.8, 4) is 23.0 Å². The quantitative estimate of drug-likeness (QED) is 0.317. The van der Waals surface area contributed by atoms with Crippen LogP contribution in [0, 0.1) is 0 Å². The molecular weight excluding hydrogens is 370 g/mol. The van der Waals surface area contributed by atoms with Gasteiger partial charge in [-0.1, -0.05) is 60.1 Å². The molecule has 1 aliphatic heterocycles. The fourth-order valence-corrected chi connectivity index (χ4v) is 3.53. The van der Waals surface area contributed by atoms with Gasteiger partial charge in [0.15, 0.2) is 23.0 Å². The van der Waals surface area contributed by atoms with Crippen LogP contribution in [-0.4, -0.2) is 0 Å². The molecule has 0 spiro atoms. The van der Waals surface area contributed by atoms with Gasteiger partial charge in [0, 0.05) is 22.5 Å². The first-order valence-corrected chi connectivity index (χ1v) is 9.36. The number of benzene rings is 4. The monoisotopic (exact) mass is 385 g/mol. The van der Waals surface area contributed by atoms with Crippen LogP contribution in [0.15, 0.2) is 97.1 Å². The average Bonchev–Trinajstić information content (AvgIpc) is 2.74. The molecule has 4 heteroatoms. The summed E-state index contributed by atoms with van der Waals surface area (Å²) in [5, 5.41) is 0.577. The van der Waals surface area contributed by atoms with Crippen LogP contribution >= 0.6 is 11.6 Å². The van der Waals surface area contributed by atoms with E-state index >= 15 is 0 Å². The van der Waals surface area contributed by atoms with E-state index in [2.05, 4.69) is 29.2 Å². The topological polar surface area (TPSA) is 21.7 Å². The maximum absolute atomic E-state index is 6.47. The molecule has 1 aliphatic rings. The standard InChI is InChI=1S/C24H16ClNO2/c25-17-15-20(24-23(16-17)27-21-13-7-8-14-22(21)28-24)26(18-9-3-1-4-10-18)19-11-5-2-6-12-19/h1-16H. The van der Waals surface area contributed by atoms with Gasteiger partial charge in [-0.2, -0.15) is 0 Å². The van der Waals surface area contributed by atoms with E-state index < -0.39 is 0 Å². The molecule has 0 amide bonds. The average molecular weight is 386 g/mol. The van der Waals surface area contributed by atoms with E-state index in [9.17, 15) is 0 Å². The fourth-order valence-electron chi connectivity index (χ4n) is 3.33. The third-order valence-electron chi connectivity index (χ3n) is 4.55. The zero-order valence-corrected chi connectivity index (χ0v) is 15.6. The van der Waals surface area contributed by atoms with E-state index in [0.717, 1.165) is 17.1 Å². The first-order chi connectivity index (χ1) is 13.8. The number of hydrogen-bond acceptors (Lipinski definition) is 3. The highest BCUT2D eigenvalue weighted by atomic mass is 35.5. The number of anilines is 3. The predicted molar refractivity (Wildman–Crippen MR) is 113 cm³/mol. The lowest BCUT2D eigenvalue weighted by atomic mass is 10.1. The molecule has 0 N–H and O–H groups in total. The first-order valence-electron chi connectivity index (χ1n) is 8.98. The second kappa shape index (κ2) is 6.95. The lowest BCUT2D eigenvalue weighted by molar-refractivity contribution is 0.360. The number of halogens is 1. The van der Waals surface area contributed by atoms with E-state index in [1.807, 2.05) is 66.7 Å². The molecule has 4 aromatic rings. The predicted octanol–water partition coefficient (Wildman–Crippen LogP) is 7.71. The Morgan fingerprint density at radius 3 is 1.71 bits per heavy atom. The van der Waals surface area contributed by atoms with Gasteiger partial charge < -0.3 is 14.4 Å². The smallest absolute Gasteiger partial charge is 0.194 e. The molecule has 5 rings (SSSR count). The SMILES string of the molecule is Clc1cc2c(c(N(c3ccccc3)c3ccccc3)c1)Oc1ccccc1O2. The van der Waals surface area contributed by atoms with E-state index in [1.54, 1.807) is 6.07 Å². The highest BCUT2D eigenvalue weighted by Crippen LogP contribution is 2.53. The fraction of sp³-hybridized carbons (Fsp3) is 0. The molecule has 0 saturated heterocycles. The Kier molecular flexibility index (Phi) is 4.15. The van der Waals surface area contributed by atoms with Crippen LogP contribution in [0.25, 0.3) is 0 Å². The number of hydrogen-bond donors (Lipinski definition) is 0. The van der Waals surface area contributed by atoms with E-state index in [0.29, 0.717) is 28.0 Å². The van der Waals surface area contributed by atoms with Gasteiger partial charge in [-0.3, -0.25) is 0 Å². The van der Waals surface area contributed by atoms with Gasteiger partial charge in [-0.25, -0.2) is 0 Å². The van der Waals surface area contributed by atoms with Crippen molar-refractivity contribution in [1.82, 2.24) is 0 Å². The van der Waals surface area contributed by atoms with Crippen molar-refractivity contribution in [2.24, 2.45) is 0 Å². The Hall–Kier alpha value is -3.43. The first kappa shape index (κ1) is 16.7. The highest BCUT2D eigenvalue weighted by Gasteiger charge is 2.26. The summed E-state index contributed by atoms with van der Waals surface area (Å²) >= 11 is 6.47. The minimum Gasteiger partial charge on any atom is -0.449 e. The van der Waals surface area contributed by atoms with Gasteiger partial charge in [0.05, 0.1) is 5.69 Å². The Balaban J connectivity index is 1.72. The van der Waals surface area contributed by atoms with E-state index in [1.165, 1.54) is 0 Å². The second-order valence-corrected chi connectivity index (χ2v) is 6.85. The minimum absolute atomic E-state index is 0.577. The van der Waals surface area contributed by atoms with Crippen LogP contribution in [0.5, 0.6) is 23.0 Å². The molecule has 0 radical (unpaired) electrons. The van der Waals surface area contributed by atoms with Gasteiger partial charge in [0.25, 0.3) is 0 Å². The molecule has 0 atom stereocenters. The molecule has 0 saturated carbocycles. The summed E-state index contributed by atoms with van der Waals surface area (Å²) in [5.74, 6) is 2.59. The minimum atomic E-state index is 0.577. The van der Waals surface area contributed by atoms with Crippen LogP contribution in [0.2, 0.25) is 5.02 Å².